The molecule has 36 heavy (non-hydrogen) atoms. The number of rotatable bonds is 7. The highest BCUT2D eigenvalue weighted by molar-refractivity contribution is 7.19. The number of benzene rings is 2. The molecule has 0 saturated heterocycles. The standard InChI is InChI=1S/C28H30N4O3S/c1-16(2)18-10-12-19(13-11-18)23-22(25(34)27(35)31(23)15-14-30(4)5)24(33)26-17(3)32-21-9-7-6-8-20(21)29-28(32)36-26/h6-13,16,23,34H,14-15H2,1-5H3. The number of aliphatic hydroxyl groups excluding tert-OH is 1. The average molecular weight is 503 g/mol. The van der Waals surface area contributed by atoms with Crippen LogP contribution in [0.15, 0.2) is 59.9 Å². The number of imidazole rings is 1. The number of carbonyl (C=O) groups excluding carboxylic acids is 2. The lowest BCUT2D eigenvalue weighted by atomic mass is 9.93. The average Bonchev–Trinajstić information content (AvgIpc) is 3.46. The summed E-state index contributed by atoms with van der Waals surface area (Å²) in [4.78, 5) is 36.7. The maximum atomic E-state index is 14.0. The summed E-state index contributed by atoms with van der Waals surface area (Å²) in [5, 5.41) is 11.0. The number of ketones is 1. The van der Waals surface area contributed by atoms with Crippen molar-refractivity contribution >= 4 is 39.0 Å². The molecule has 4 aromatic rings. The van der Waals surface area contributed by atoms with E-state index in [1.807, 2.05) is 78.9 Å². The molecule has 0 spiro atoms. The van der Waals surface area contributed by atoms with Gasteiger partial charge >= 0.3 is 0 Å². The number of hydrogen-bond acceptors (Lipinski definition) is 6. The topological polar surface area (TPSA) is 78.2 Å². The summed E-state index contributed by atoms with van der Waals surface area (Å²) in [6, 6.07) is 15.1. The van der Waals surface area contributed by atoms with Crippen molar-refractivity contribution in [2.45, 2.75) is 32.7 Å². The van der Waals surface area contributed by atoms with Crippen LogP contribution in [0.4, 0.5) is 0 Å². The van der Waals surface area contributed by atoms with Gasteiger partial charge in [-0.3, -0.25) is 14.0 Å². The molecule has 1 aliphatic heterocycles. The Hall–Kier alpha value is -3.49. The minimum absolute atomic E-state index is 0.132. The van der Waals surface area contributed by atoms with Crippen molar-refractivity contribution in [3.8, 4) is 0 Å². The maximum Gasteiger partial charge on any atom is 0.290 e. The maximum absolute atomic E-state index is 14.0. The number of carbonyl (C=O) groups is 2. The van der Waals surface area contributed by atoms with Crippen molar-refractivity contribution in [3.63, 3.8) is 0 Å². The number of hydrogen-bond donors (Lipinski definition) is 1. The highest BCUT2D eigenvalue weighted by atomic mass is 32.1. The van der Waals surface area contributed by atoms with E-state index in [-0.39, 0.29) is 11.4 Å². The largest absolute Gasteiger partial charge is 0.503 e. The second-order valence-corrected chi connectivity index (χ2v) is 10.8. The summed E-state index contributed by atoms with van der Waals surface area (Å²) in [6.07, 6.45) is 0. The van der Waals surface area contributed by atoms with Gasteiger partial charge in [-0.2, -0.15) is 0 Å². The van der Waals surface area contributed by atoms with Crippen LogP contribution in [0.2, 0.25) is 0 Å². The SMILES string of the molecule is Cc1c(C(=O)C2=C(O)C(=O)N(CCN(C)C)C2c2ccc(C(C)C)cc2)sc2nc3ccccc3n12. The number of para-hydroxylation sites is 2. The fraction of sp³-hybridized carbons (Fsp3) is 0.321. The Labute approximate surface area is 214 Å². The Morgan fingerprint density at radius 2 is 1.83 bits per heavy atom. The third-order valence-corrected chi connectivity index (χ3v) is 7.99. The molecule has 2 aromatic carbocycles. The summed E-state index contributed by atoms with van der Waals surface area (Å²) in [5.74, 6) is -0.947. The Kier molecular flexibility index (Phi) is 6.18. The summed E-state index contributed by atoms with van der Waals surface area (Å²) < 4.78 is 1.97. The van der Waals surface area contributed by atoms with E-state index >= 15 is 0 Å². The van der Waals surface area contributed by atoms with Crippen molar-refractivity contribution in [2.75, 3.05) is 27.2 Å². The summed E-state index contributed by atoms with van der Waals surface area (Å²) in [5.41, 5.74) is 4.65. The number of likely N-dealkylation sites (N-methyl/N-ethyl adjacent to an activating group) is 1. The summed E-state index contributed by atoms with van der Waals surface area (Å²) in [7, 11) is 3.86. The Balaban J connectivity index is 1.61. The third kappa shape index (κ3) is 3.90. The summed E-state index contributed by atoms with van der Waals surface area (Å²) >= 11 is 1.29. The number of fused-ring (bicyclic) bond motifs is 3. The van der Waals surface area contributed by atoms with E-state index in [2.05, 4.69) is 18.8 Å². The molecule has 3 heterocycles. The monoisotopic (exact) mass is 502 g/mol. The first-order valence-electron chi connectivity index (χ1n) is 12.1. The van der Waals surface area contributed by atoms with Crippen molar-refractivity contribution in [2.24, 2.45) is 0 Å². The van der Waals surface area contributed by atoms with Gasteiger partial charge in [0.15, 0.2) is 10.7 Å². The molecule has 0 aliphatic carbocycles. The highest BCUT2D eigenvalue weighted by Crippen LogP contribution is 2.41. The van der Waals surface area contributed by atoms with Gasteiger partial charge in [0.25, 0.3) is 5.91 Å². The van der Waals surface area contributed by atoms with Crippen LogP contribution in [-0.4, -0.2) is 63.2 Å². The summed E-state index contributed by atoms with van der Waals surface area (Å²) in [6.45, 7) is 7.13. The van der Waals surface area contributed by atoms with Gasteiger partial charge in [0, 0.05) is 18.8 Å². The number of aliphatic hydroxyl groups is 1. The van der Waals surface area contributed by atoms with Gasteiger partial charge in [0.1, 0.15) is 0 Å². The Bertz CT molecular complexity index is 1510. The smallest absolute Gasteiger partial charge is 0.290 e. The van der Waals surface area contributed by atoms with Crippen LogP contribution >= 0.6 is 11.3 Å². The van der Waals surface area contributed by atoms with Crippen LogP contribution < -0.4 is 0 Å². The molecular formula is C28H30N4O3S. The normalized spacial score (nSPS) is 16.5. The van der Waals surface area contributed by atoms with Crippen LogP contribution in [0.3, 0.4) is 0 Å². The van der Waals surface area contributed by atoms with E-state index in [1.54, 1.807) is 4.90 Å². The van der Waals surface area contributed by atoms with Gasteiger partial charge in [0.2, 0.25) is 5.78 Å². The Morgan fingerprint density at radius 3 is 2.50 bits per heavy atom. The molecule has 2 aromatic heterocycles. The molecule has 1 unspecified atom stereocenters. The van der Waals surface area contributed by atoms with Crippen LogP contribution in [0, 0.1) is 6.92 Å². The molecule has 1 N–H and O–H groups in total. The molecule has 7 nitrogen and oxygen atoms in total. The zero-order valence-corrected chi connectivity index (χ0v) is 22.0. The Morgan fingerprint density at radius 1 is 1.14 bits per heavy atom. The van der Waals surface area contributed by atoms with Gasteiger partial charge in [-0.05, 0) is 50.2 Å². The molecule has 5 rings (SSSR count). The number of aryl methyl sites for hydroxylation is 1. The number of nitrogens with zero attached hydrogens (tertiary/aromatic N) is 4. The minimum atomic E-state index is -0.656. The lowest BCUT2D eigenvalue weighted by molar-refractivity contribution is -0.129. The highest BCUT2D eigenvalue weighted by Gasteiger charge is 2.44. The van der Waals surface area contributed by atoms with Crippen LogP contribution in [0.25, 0.3) is 16.0 Å². The molecule has 1 atom stereocenters. The minimum Gasteiger partial charge on any atom is -0.503 e. The zero-order chi connectivity index (χ0) is 25.7. The number of Topliss-reactive ketones (excluding diaryl/α,β-unsaturated/α-hetero) is 1. The van der Waals surface area contributed by atoms with Gasteiger partial charge in [0.05, 0.1) is 27.5 Å². The predicted molar refractivity (Wildman–Crippen MR) is 143 cm³/mol. The third-order valence-electron chi connectivity index (χ3n) is 6.85. The molecule has 8 heteroatoms. The van der Waals surface area contributed by atoms with Gasteiger partial charge in [-0.1, -0.05) is 61.6 Å². The first-order chi connectivity index (χ1) is 17.2. The van der Waals surface area contributed by atoms with E-state index in [4.69, 9.17) is 0 Å². The van der Waals surface area contributed by atoms with Crippen LogP contribution in [0.1, 0.15) is 52.3 Å². The molecule has 1 aliphatic rings. The predicted octanol–water partition coefficient (Wildman–Crippen LogP) is 5.12. The number of thiazole rings is 1. The van der Waals surface area contributed by atoms with E-state index in [9.17, 15) is 14.7 Å². The van der Waals surface area contributed by atoms with Gasteiger partial charge in [-0.15, -0.1) is 0 Å². The fourth-order valence-corrected chi connectivity index (χ4v) is 5.92. The second kappa shape index (κ2) is 9.19. The number of aromatic nitrogens is 2. The van der Waals surface area contributed by atoms with Crippen LogP contribution in [-0.2, 0) is 4.79 Å². The van der Waals surface area contributed by atoms with Gasteiger partial charge in [-0.25, -0.2) is 4.98 Å². The van der Waals surface area contributed by atoms with E-state index in [0.29, 0.717) is 28.8 Å². The first-order valence-corrected chi connectivity index (χ1v) is 12.9. The van der Waals surface area contributed by atoms with Gasteiger partial charge < -0.3 is 14.9 Å². The van der Waals surface area contributed by atoms with Crippen molar-refractivity contribution in [1.82, 2.24) is 19.2 Å². The first kappa shape index (κ1) is 24.2. The molecular weight excluding hydrogens is 472 g/mol. The second-order valence-electron chi connectivity index (χ2n) is 9.85. The molecule has 0 bridgehead atoms. The molecule has 0 radical (unpaired) electrons. The quantitative estimate of drug-likeness (QED) is 0.355. The lowest BCUT2D eigenvalue weighted by Gasteiger charge is -2.28. The van der Waals surface area contributed by atoms with Crippen molar-refractivity contribution < 1.29 is 14.7 Å². The van der Waals surface area contributed by atoms with E-state index in [1.165, 1.54) is 16.9 Å². The van der Waals surface area contributed by atoms with E-state index < -0.39 is 17.7 Å². The molecule has 1 amide bonds. The fourth-order valence-electron chi connectivity index (χ4n) is 4.83. The van der Waals surface area contributed by atoms with Crippen molar-refractivity contribution in [1.29, 1.82) is 0 Å². The lowest BCUT2D eigenvalue weighted by Crippen LogP contribution is -2.36. The van der Waals surface area contributed by atoms with Crippen LogP contribution in [0.5, 0.6) is 0 Å². The molecule has 0 saturated carbocycles. The van der Waals surface area contributed by atoms with E-state index in [0.717, 1.165) is 22.3 Å². The zero-order valence-electron chi connectivity index (χ0n) is 21.1. The van der Waals surface area contributed by atoms with Crippen molar-refractivity contribution in [3.05, 3.63) is 81.6 Å². The molecule has 0 fully saturated rings. The number of amides is 1. The molecule has 186 valence electrons.